The minimum atomic E-state index is 0.490. The molecule has 2 heteroatoms. The van der Waals surface area contributed by atoms with E-state index in [9.17, 15) is 0 Å². The van der Waals surface area contributed by atoms with Crippen molar-refractivity contribution in [1.29, 1.82) is 0 Å². The fourth-order valence-corrected chi connectivity index (χ4v) is 2.22. The summed E-state index contributed by atoms with van der Waals surface area (Å²) in [5.74, 6) is 0. The third-order valence-corrected chi connectivity index (χ3v) is 3.06. The number of furan rings is 1. The molecule has 0 aliphatic heterocycles. The first kappa shape index (κ1) is 9.53. The highest BCUT2D eigenvalue weighted by molar-refractivity contribution is 6.73. The van der Waals surface area contributed by atoms with Gasteiger partial charge in [0, 0.05) is 10.8 Å². The zero-order chi connectivity index (χ0) is 11.1. The lowest BCUT2D eigenvalue weighted by Gasteiger charge is -2.01. The molecule has 16 heavy (non-hydrogen) atoms. The predicted molar refractivity (Wildman–Crippen MR) is 70.8 cm³/mol. The average Bonchev–Trinajstić information content (AvgIpc) is 2.67. The summed E-state index contributed by atoms with van der Waals surface area (Å²) in [5.41, 5.74) is 3.30. The van der Waals surface area contributed by atoms with Gasteiger partial charge in [0.05, 0.1) is 0 Å². The molecule has 3 aromatic rings. The van der Waals surface area contributed by atoms with Gasteiger partial charge in [-0.3, -0.25) is 0 Å². The molecule has 0 amide bonds. The Bertz CT molecular complexity index is 652. The van der Waals surface area contributed by atoms with Crippen molar-refractivity contribution in [3.63, 3.8) is 0 Å². The van der Waals surface area contributed by atoms with Gasteiger partial charge in [0.2, 0.25) is 0 Å². The summed E-state index contributed by atoms with van der Waals surface area (Å²) in [6, 6.07) is 14.6. The lowest BCUT2D eigenvalue weighted by molar-refractivity contribution is 0.671. The largest absolute Gasteiger partial charge is 0.457 e. The zero-order valence-corrected chi connectivity index (χ0v) is 9.53. The predicted octanol–water partition coefficient (Wildman–Crippen LogP) is 3.55. The van der Waals surface area contributed by atoms with E-state index >= 15 is 0 Å². The summed E-state index contributed by atoms with van der Waals surface area (Å²) in [6.45, 7) is 4.88. The van der Waals surface area contributed by atoms with Crippen molar-refractivity contribution in [3.8, 4) is 0 Å². The zero-order valence-electron chi connectivity index (χ0n) is 9.53. The molecule has 0 saturated heterocycles. The number of rotatable bonds is 1. The fraction of sp³-hybridized carbons (Fsp3) is 0.143. The number of benzene rings is 2. The summed E-state index contributed by atoms with van der Waals surface area (Å²) in [5, 5.41) is 2.43. The normalized spacial score (nSPS) is 11.1. The average molecular weight is 208 g/mol. The maximum Gasteiger partial charge on any atom is 0.174 e. The van der Waals surface area contributed by atoms with Gasteiger partial charge in [-0.05, 0) is 11.5 Å². The molecule has 0 atom stereocenters. The van der Waals surface area contributed by atoms with Gasteiger partial charge < -0.3 is 4.42 Å². The van der Waals surface area contributed by atoms with Crippen LogP contribution in [0.4, 0.5) is 0 Å². The van der Waals surface area contributed by atoms with Gasteiger partial charge in [-0.25, -0.2) is 0 Å². The molecule has 0 bridgehead atoms. The molecule has 0 unspecified atom stereocenters. The second kappa shape index (κ2) is 3.41. The van der Waals surface area contributed by atoms with E-state index < -0.39 is 0 Å². The number of para-hydroxylation sites is 2. The third-order valence-electron chi connectivity index (χ3n) is 3.06. The van der Waals surface area contributed by atoms with E-state index in [1.807, 2.05) is 12.1 Å². The van der Waals surface area contributed by atoms with Crippen LogP contribution >= 0.6 is 0 Å². The highest BCUT2D eigenvalue weighted by Crippen LogP contribution is 2.27. The molecule has 0 aliphatic carbocycles. The highest BCUT2D eigenvalue weighted by atomic mass is 16.3. The lowest BCUT2D eigenvalue weighted by Crippen LogP contribution is -2.22. The van der Waals surface area contributed by atoms with Gasteiger partial charge in [0.1, 0.15) is 11.2 Å². The van der Waals surface area contributed by atoms with Crippen LogP contribution in [0.5, 0.6) is 0 Å². The van der Waals surface area contributed by atoms with E-state index in [0.717, 1.165) is 11.2 Å². The molecule has 0 radical (unpaired) electrons. The molecule has 1 nitrogen and oxygen atoms in total. The minimum absolute atomic E-state index is 0.490. The lowest BCUT2D eigenvalue weighted by atomic mass is 9.49. The number of hydrogen-bond donors (Lipinski definition) is 0. The molecule has 0 N–H and O–H groups in total. The Kier molecular flexibility index (Phi) is 2.03. The van der Waals surface area contributed by atoms with E-state index in [1.54, 1.807) is 0 Å². The fourth-order valence-electron chi connectivity index (χ4n) is 2.22. The first-order valence-corrected chi connectivity index (χ1v) is 5.67. The Morgan fingerprint density at radius 2 is 1.62 bits per heavy atom. The van der Waals surface area contributed by atoms with Gasteiger partial charge in [-0.15, -0.1) is 0 Å². The summed E-state index contributed by atoms with van der Waals surface area (Å²) in [4.78, 5) is 0. The highest BCUT2D eigenvalue weighted by Gasteiger charge is 2.13. The van der Waals surface area contributed by atoms with Crippen LogP contribution in [0, 0.1) is 0 Å². The molecule has 0 fully saturated rings. The van der Waals surface area contributed by atoms with Crippen molar-refractivity contribution in [2.75, 3.05) is 0 Å². The van der Waals surface area contributed by atoms with Gasteiger partial charge >= 0.3 is 0 Å². The molecule has 2 aromatic carbocycles. The second-order valence-corrected chi connectivity index (χ2v) is 4.48. The summed E-state index contributed by atoms with van der Waals surface area (Å²) < 4.78 is 5.94. The van der Waals surface area contributed by atoms with Crippen molar-refractivity contribution in [3.05, 3.63) is 42.5 Å². The van der Waals surface area contributed by atoms with Crippen molar-refractivity contribution in [1.82, 2.24) is 0 Å². The van der Waals surface area contributed by atoms with Gasteiger partial charge in [-0.1, -0.05) is 50.0 Å². The summed E-state index contributed by atoms with van der Waals surface area (Å²) in [7, 11) is 0. The maximum absolute atomic E-state index is 5.94. The summed E-state index contributed by atoms with van der Waals surface area (Å²) in [6.07, 6.45) is 0. The smallest absolute Gasteiger partial charge is 0.174 e. The molecule has 0 aliphatic rings. The molecule has 1 heterocycles. The van der Waals surface area contributed by atoms with E-state index in [2.05, 4.69) is 44.0 Å². The maximum atomic E-state index is 5.94. The van der Waals surface area contributed by atoms with Crippen molar-refractivity contribution < 1.29 is 4.42 Å². The van der Waals surface area contributed by atoms with Gasteiger partial charge in [0.15, 0.2) is 6.71 Å². The van der Waals surface area contributed by atoms with Gasteiger partial charge in [0.25, 0.3) is 0 Å². The molecular formula is C14H13BO. The molecular weight excluding hydrogens is 195 g/mol. The Labute approximate surface area is 95.1 Å². The van der Waals surface area contributed by atoms with Crippen LogP contribution in [0.3, 0.4) is 0 Å². The van der Waals surface area contributed by atoms with Crippen LogP contribution in [0.25, 0.3) is 21.9 Å². The first-order chi connectivity index (χ1) is 7.77. The van der Waals surface area contributed by atoms with Crippen LogP contribution in [-0.4, -0.2) is 6.71 Å². The summed E-state index contributed by atoms with van der Waals surface area (Å²) >= 11 is 0. The van der Waals surface area contributed by atoms with Crippen molar-refractivity contribution in [2.24, 2.45) is 0 Å². The van der Waals surface area contributed by atoms with Crippen LogP contribution in [0.1, 0.15) is 0 Å². The Balaban J connectivity index is 2.49. The standard InChI is InChI=1S/C14H13BO/c1-15(2)12-8-5-7-11-10-6-3-4-9-13(10)16-14(11)12/h3-9H,1-2H3. The Hall–Kier alpha value is -1.70. The third kappa shape index (κ3) is 1.26. The van der Waals surface area contributed by atoms with E-state index in [-0.39, 0.29) is 0 Å². The second-order valence-electron chi connectivity index (χ2n) is 4.48. The molecule has 78 valence electrons. The molecule has 0 saturated carbocycles. The van der Waals surface area contributed by atoms with E-state index in [1.165, 1.54) is 16.2 Å². The van der Waals surface area contributed by atoms with E-state index in [4.69, 9.17) is 4.42 Å². The number of fused-ring (bicyclic) bond motifs is 3. The van der Waals surface area contributed by atoms with Crippen molar-refractivity contribution >= 4 is 34.1 Å². The van der Waals surface area contributed by atoms with E-state index in [0.29, 0.717) is 6.71 Å². The quantitative estimate of drug-likeness (QED) is 0.557. The molecule has 3 rings (SSSR count). The first-order valence-electron chi connectivity index (χ1n) is 5.67. The minimum Gasteiger partial charge on any atom is -0.457 e. The number of hydrogen-bond acceptors (Lipinski definition) is 1. The topological polar surface area (TPSA) is 13.1 Å². The van der Waals surface area contributed by atoms with Crippen LogP contribution in [-0.2, 0) is 0 Å². The van der Waals surface area contributed by atoms with Crippen LogP contribution in [0.2, 0.25) is 13.6 Å². The Morgan fingerprint density at radius 1 is 0.875 bits per heavy atom. The van der Waals surface area contributed by atoms with Crippen molar-refractivity contribution in [2.45, 2.75) is 13.6 Å². The van der Waals surface area contributed by atoms with Gasteiger partial charge in [-0.2, -0.15) is 0 Å². The monoisotopic (exact) mass is 208 g/mol. The van der Waals surface area contributed by atoms with Crippen LogP contribution < -0.4 is 5.46 Å². The SMILES string of the molecule is CB(C)c1cccc2c1oc1ccccc12. The Morgan fingerprint density at radius 3 is 2.44 bits per heavy atom. The molecule has 1 aromatic heterocycles. The van der Waals surface area contributed by atoms with Crippen LogP contribution in [0.15, 0.2) is 46.9 Å². The molecule has 0 spiro atoms.